The molecule has 6 atom stereocenters. The zero-order valence-corrected chi connectivity index (χ0v) is 64.9. The molecule has 0 aromatic heterocycles. The van der Waals surface area contributed by atoms with Crippen LogP contribution < -0.4 is 0 Å². The molecule has 0 aliphatic carbocycles. The summed E-state index contributed by atoms with van der Waals surface area (Å²) in [6.45, 7) is 12.7. The van der Waals surface area contributed by atoms with Crippen molar-refractivity contribution in [2.75, 3.05) is 127 Å². The van der Waals surface area contributed by atoms with E-state index in [2.05, 4.69) is 0 Å². The predicted molar refractivity (Wildman–Crippen MR) is 391 cm³/mol. The molecule has 24 heteroatoms. The van der Waals surface area contributed by atoms with Crippen LogP contribution in [0, 0.1) is 83.4 Å². The van der Waals surface area contributed by atoms with E-state index < -0.39 is 24.2 Å². The summed E-state index contributed by atoms with van der Waals surface area (Å²) in [6, 6.07) is 25.7. The lowest BCUT2D eigenvalue weighted by atomic mass is 9.99. The Morgan fingerprint density at radius 1 is 0.282 bits per heavy atom. The number of carbonyl (C=O) groups is 6. The summed E-state index contributed by atoms with van der Waals surface area (Å²) in [5.41, 5.74) is 9.41. The monoisotopic (exact) mass is 1450 g/mol. The molecule has 0 spiro atoms. The topological polar surface area (TPSA) is 177 Å². The maximum atomic E-state index is 13.9. The highest BCUT2D eigenvalue weighted by atomic mass is 19.1. The fourth-order valence-corrected chi connectivity index (χ4v) is 10.1. The quantitative estimate of drug-likeness (QED) is 0.0317. The number of halogens is 6. The molecule has 570 valence electrons. The van der Waals surface area contributed by atoms with Crippen molar-refractivity contribution in [3.05, 3.63) is 210 Å². The summed E-state index contributed by atoms with van der Waals surface area (Å²) < 4.78 is 110. The number of benzene rings is 6. The Balaban J connectivity index is 0.000000618. The molecule has 0 heterocycles. The molecule has 103 heavy (non-hydrogen) atoms. The zero-order chi connectivity index (χ0) is 78.9. The van der Waals surface area contributed by atoms with E-state index in [0.29, 0.717) is 77.5 Å². The lowest BCUT2D eigenvalue weighted by molar-refractivity contribution is -0.146. The maximum Gasteiger partial charge on any atom is 0.323 e. The molecule has 6 unspecified atom stereocenters. The van der Waals surface area contributed by atoms with Gasteiger partial charge in [-0.3, -0.25) is 58.2 Å². The van der Waals surface area contributed by atoms with Crippen molar-refractivity contribution in [2.45, 2.75) is 123 Å². The normalized spacial score (nSPS) is 12.6. The van der Waals surface area contributed by atoms with Crippen LogP contribution in [-0.2, 0) is 95.7 Å². The second-order valence-electron chi connectivity index (χ2n) is 26.2. The molecule has 0 saturated heterocycles. The number of nitrogens with zero attached hydrogens (tertiary/aromatic N) is 6. The van der Waals surface area contributed by atoms with Gasteiger partial charge in [0.1, 0.15) is 71.2 Å². The highest BCUT2D eigenvalue weighted by molar-refractivity contribution is 5.78. The van der Waals surface area contributed by atoms with Gasteiger partial charge in [-0.2, -0.15) is 0 Å². The molecule has 0 aliphatic rings. The Morgan fingerprint density at radius 3 is 1.00 bits per heavy atom. The molecule has 6 rings (SSSR count). The van der Waals surface area contributed by atoms with Gasteiger partial charge in [0.05, 0.1) is 42.7 Å². The van der Waals surface area contributed by atoms with Gasteiger partial charge in [0, 0.05) is 25.7 Å². The van der Waals surface area contributed by atoms with E-state index in [1.807, 2.05) is 53.9 Å². The van der Waals surface area contributed by atoms with E-state index >= 15 is 0 Å². The number of rotatable bonds is 24. The van der Waals surface area contributed by atoms with Crippen LogP contribution in [-0.4, -0.2) is 229 Å². The van der Waals surface area contributed by atoms with Gasteiger partial charge in [0.2, 0.25) is 0 Å². The number of methoxy groups -OCH3 is 6. The van der Waals surface area contributed by atoms with Crippen LogP contribution in [0.4, 0.5) is 26.3 Å². The number of hydrogen-bond acceptors (Lipinski definition) is 18. The molecule has 0 amide bonds. The van der Waals surface area contributed by atoms with Crippen LogP contribution in [0.1, 0.15) is 72.3 Å². The van der Waals surface area contributed by atoms with Crippen molar-refractivity contribution < 1.29 is 83.5 Å². The number of ether oxygens (including phenoxy) is 6. The van der Waals surface area contributed by atoms with Crippen LogP contribution in [0.2, 0.25) is 0 Å². The first-order chi connectivity index (χ1) is 48.1. The van der Waals surface area contributed by atoms with Gasteiger partial charge in [-0.05, 0) is 243 Å². The summed E-state index contributed by atoms with van der Waals surface area (Å²) in [6.07, 6.45) is 2.20. The molecule has 18 nitrogen and oxygen atoms in total. The average Bonchev–Trinajstić information content (AvgIpc) is 0.854. The van der Waals surface area contributed by atoms with Crippen molar-refractivity contribution >= 4 is 35.8 Å². The Bertz CT molecular complexity index is 3580. The number of hydrogen-bond donors (Lipinski definition) is 0. The molecule has 6 aromatic rings. The fraction of sp³-hybridized carbons (Fsp3) is 0.468. The van der Waals surface area contributed by atoms with Crippen LogP contribution in [0.3, 0.4) is 0 Å². The molecule has 0 radical (unpaired) electrons. The van der Waals surface area contributed by atoms with Gasteiger partial charge in [-0.15, -0.1) is 0 Å². The van der Waals surface area contributed by atoms with Crippen LogP contribution in [0.15, 0.2) is 103 Å². The largest absolute Gasteiger partial charge is 0.468 e. The van der Waals surface area contributed by atoms with Crippen molar-refractivity contribution in [3.63, 3.8) is 0 Å². The summed E-state index contributed by atoms with van der Waals surface area (Å²) in [5, 5.41) is 0. The first-order valence-electron chi connectivity index (χ1n) is 33.1. The van der Waals surface area contributed by atoms with E-state index in [0.717, 1.165) is 33.4 Å². The summed E-state index contributed by atoms with van der Waals surface area (Å²) in [4.78, 5) is 79.9. The molecule has 0 aliphatic heterocycles. The lowest BCUT2D eigenvalue weighted by Crippen LogP contribution is -2.38. The summed E-state index contributed by atoms with van der Waals surface area (Å²) in [7, 11) is 29.5. The third-order valence-electron chi connectivity index (χ3n) is 16.9. The van der Waals surface area contributed by atoms with Crippen molar-refractivity contribution in [1.82, 2.24) is 29.4 Å². The highest BCUT2D eigenvalue weighted by Crippen LogP contribution is 2.22. The molecule has 0 saturated carbocycles. The molecule has 0 N–H and O–H groups in total. The third-order valence-corrected chi connectivity index (χ3v) is 16.9. The summed E-state index contributed by atoms with van der Waals surface area (Å²) >= 11 is 0. The third kappa shape index (κ3) is 31.5. The van der Waals surface area contributed by atoms with Gasteiger partial charge in [0.15, 0.2) is 0 Å². The van der Waals surface area contributed by atoms with E-state index in [-0.39, 0.29) is 82.8 Å². The number of aryl methyl sites for hydroxylation is 7. The smallest absolute Gasteiger partial charge is 0.323 e. The maximum absolute atomic E-state index is 13.9. The highest BCUT2D eigenvalue weighted by Gasteiger charge is 2.28. The number of carbonyl (C=O) groups excluding carboxylic acids is 6. The number of likely N-dealkylation sites (N-methyl/N-ethyl adjacent to an activating group) is 6. The van der Waals surface area contributed by atoms with Gasteiger partial charge < -0.3 is 28.4 Å². The molecule has 6 aromatic carbocycles. The van der Waals surface area contributed by atoms with Gasteiger partial charge >= 0.3 is 35.8 Å². The summed E-state index contributed by atoms with van der Waals surface area (Å²) in [5.74, 6) is -3.55. The molecular formula is C79H110F6N6O12. The Morgan fingerprint density at radius 2 is 0.612 bits per heavy atom. The SMILES string of the molecule is COC(=O)C(Cc1cc(C)c(C)cc1F)N(C)C.COC(=O)C(Cc1cc(C)ccc1F)N(C)C.COC(=O)C(Cc1ccc(C)c(F)c1)N(C)C.COC(=O)C(Cc1ccc(C)cc1F)N(C)C.COC(=O)C(Cc1ccc(F)c(C)c1)N(C)C.COC(=O)C(Cc1cccc(C)c1F)N(C)C. The van der Waals surface area contributed by atoms with Gasteiger partial charge in [0.25, 0.3) is 0 Å². The molecule has 0 fully saturated rings. The Hall–Kier alpha value is -8.52. The molecular weight excluding hydrogens is 1340 g/mol. The van der Waals surface area contributed by atoms with Crippen LogP contribution in [0.5, 0.6) is 0 Å². The second-order valence-corrected chi connectivity index (χ2v) is 26.2. The standard InChI is InChI=1S/C14H20FNO2.5C13H18FNO2/c1-9-6-11(12(15)7-10(9)2)8-13(16(3)4)14(17)18-5;1-9-7-10(5-6-11(9)14)8-12(15(2)3)13(16)17-4;1-9-5-6-10(7-11(9)14)8-12(15(2)3)13(16)17-4;1-9-5-6-11(14)10(7-9)8-12(15(2)3)13(16)17-4;1-9-5-6-10(11(14)7-9)8-12(15(2)3)13(16)17-4;1-9-6-5-7-10(12(9)14)8-11(15(2)3)13(16)17-4/h6-7,13H,8H2,1-5H3;4*5-7,12H,8H2,1-4H3;5-7,11H,8H2,1-4H3. The van der Waals surface area contributed by atoms with Gasteiger partial charge in [-0.25, -0.2) is 26.3 Å². The minimum Gasteiger partial charge on any atom is -0.468 e. The minimum atomic E-state index is -0.466. The van der Waals surface area contributed by atoms with E-state index in [9.17, 15) is 55.1 Å². The van der Waals surface area contributed by atoms with E-state index in [1.165, 1.54) is 73.0 Å². The molecule has 0 bridgehead atoms. The van der Waals surface area contributed by atoms with Crippen molar-refractivity contribution in [1.29, 1.82) is 0 Å². The first-order valence-corrected chi connectivity index (χ1v) is 33.1. The van der Waals surface area contributed by atoms with Gasteiger partial charge in [-0.1, -0.05) is 78.4 Å². The zero-order valence-electron chi connectivity index (χ0n) is 64.9. The lowest BCUT2D eigenvalue weighted by Gasteiger charge is -2.22. The van der Waals surface area contributed by atoms with Crippen LogP contribution in [0.25, 0.3) is 0 Å². The van der Waals surface area contributed by atoms with Crippen molar-refractivity contribution in [2.24, 2.45) is 0 Å². The Kier molecular flexibility index (Phi) is 41.5. The van der Waals surface area contributed by atoms with Crippen LogP contribution >= 0.6 is 0 Å². The van der Waals surface area contributed by atoms with E-state index in [1.54, 1.807) is 181 Å². The fourth-order valence-electron chi connectivity index (χ4n) is 10.1. The average molecular weight is 1450 g/mol. The number of esters is 6. The van der Waals surface area contributed by atoms with E-state index in [4.69, 9.17) is 28.4 Å². The predicted octanol–water partition coefficient (Wildman–Crippen LogP) is 11.0. The second kappa shape index (κ2) is 46.2. The first kappa shape index (κ1) is 92.5. The minimum absolute atomic E-state index is 0.228. The van der Waals surface area contributed by atoms with Crippen molar-refractivity contribution in [3.8, 4) is 0 Å². The Labute approximate surface area is 607 Å².